The van der Waals surface area contributed by atoms with Gasteiger partial charge in [0.2, 0.25) is 0 Å². The van der Waals surface area contributed by atoms with Crippen LogP contribution in [0.4, 0.5) is 5.82 Å². The third kappa shape index (κ3) is 4.22. The maximum absolute atomic E-state index is 11.2. The van der Waals surface area contributed by atoms with E-state index in [-0.39, 0.29) is 11.7 Å². The lowest BCUT2D eigenvalue weighted by molar-refractivity contribution is -0.137. The summed E-state index contributed by atoms with van der Waals surface area (Å²) >= 11 is 1.33. The van der Waals surface area contributed by atoms with Crippen molar-refractivity contribution in [1.29, 1.82) is 0 Å². The van der Waals surface area contributed by atoms with Gasteiger partial charge in [-0.2, -0.15) is 0 Å². The molecule has 1 aliphatic carbocycles. The Balaban J connectivity index is 1.50. The van der Waals surface area contributed by atoms with Gasteiger partial charge in [-0.3, -0.25) is 9.78 Å². The number of rotatable bonds is 6. The van der Waals surface area contributed by atoms with Crippen LogP contribution < -0.4 is 5.32 Å². The van der Waals surface area contributed by atoms with Gasteiger partial charge in [0.25, 0.3) is 0 Å². The Hall–Kier alpha value is -2.08. The molecule has 0 atom stereocenters. The van der Waals surface area contributed by atoms with Crippen molar-refractivity contribution in [3.05, 3.63) is 48.3 Å². The Kier molecular flexibility index (Phi) is 5.12. The average molecular weight is 329 g/mol. The summed E-state index contributed by atoms with van der Waals surface area (Å²) in [5.74, 6) is 1.36. The minimum Gasteiger partial charge on any atom is -0.468 e. The van der Waals surface area contributed by atoms with Crippen LogP contribution in [0.25, 0.3) is 0 Å². The van der Waals surface area contributed by atoms with Crippen LogP contribution >= 0.6 is 11.8 Å². The van der Waals surface area contributed by atoms with E-state index in [0.29, 0.717) is 12.0 Å². The lowest BCUT2D eigenvalue weighted by Gasteiger charge is -2.36. The molecule has 1 heterocycles. The summed E-state index contributed by atoms with van der Waals surface area (Å²) in [6.45, 7) is 0. The van der Waals surface area contributed by atoms with Gasteiger partial charge in [-0.1, -0.05) is 42.1 Å². The van der Waals surface area contributed by atoms with Gasteiger partial charge < -0.3 is 10.1 Å². The molecule has 5 nitrogen and oxygen atoms in total. The van der Waals surface area contributed by atoms with Crippen molar-refractivity contribution in [3.63, 3.8) is 0 Å². The number of carbonyl (C=O) groups excluding carboxylic acids is 1. The normalized spacial score (nSPS) is 19.7. The van der Waals surface area contributed by atoms with Crippen LogP contribution in [0, 0.1) is 0 Å². The minimum absolute atomic E-state index is 0.244. The number of carbonyl (C=O) groups is 1. The van der Waals surface area contributed by atoms with E-state index in [1.54, 1.807) is 12.4 Å². The molecule has 1 aromatic heterocycles. The number of hydrogen-bond donors (Lipinski definition) is 1. The standard InChI is InChI=1S/C17H19N3O2S/c1-22-17(21)11-23-16-10-18-9-15(20-16)19-14-7-13(8-14)12-5-3-2-4-6-12/h2-6,9-10,13-14H,7-8,11H2,1H3,(H,19,20). The highest BCUT2D eigenvalue weighted by Gasteiger charge is 2.30. The van der Waals surface area contributed by atoms with Gasteiger partial charge >= 0.3 is 5.97 Å². The molecular weight excluding hydrogens is 310 g/mol. The summed E-state index contributed by atoms with van der Waals surface area (Å²) in [5.41, 5.74) is 1.40. The largest absolute Gasteiger partial charge is 0.468 e. The van der Waals surface area contributed by atoms with Gasteiger partial charge in [-0.05, 0) is 24.3 Å². The summed E-state index contributed by atoms with van der Waals surface area (Å²) in [6, 6.07) is 11.0. The predicted octanol–water partition coefficient (Wildman–Crippen LogP) is 3.10. The molecule has 0 spiro atoms. The monoisotopic (exact) mass is 329 g/mol. The number of nitrogens with zero attached hydrogens (tertiary/aromatic N) is 2. The molecule has 1 aliphatic rings. The molecule has 120 valence electrons. The van der Waals surface area contributed by atoms with Crippen LogP contribution in [0.5, 0.6) is 0 Å². The lowest BCUT2D eigenvalue weighted by Crippen LogP contribution is -2.34. The zero-order chi connectivity index (χ0) is 16.1. The number of nitrogens with one attached hydrogen (secondary N) is 1. The van der Waals surface area contributed by atoms with Gasteiger partial charge in [-0.25, -0.2) is 4.98 Å². The maximum Gasteiger partial charge on any atom is 0.316 e. The third-order valence-electron chi connectivity index (χ3n) is 3.94. The Labute approximate surface area is 139 Å². The molecule has 0 aliphatic heterocycles. The van der Waals surface area contributed by atoms with Gasteiger partial charge in [0.1, 0.15) is 10.8 Å². The number of ether oxygens (including phenoxy) is 1. The highest BCUT2D eigenvalue weighted by Crippen LogP contribution is 2.38. The van der Waals surface area contributed by atoms with E-state index in [2.05, 4.69) is 44.3 Å². The fourth-order valence-electron chi connectivity index (χ4n) is 2.62. The third-order valence-corrected chi connectivity index (χ3v) is 4.81. The van der Waals surface area contributed by atoms with Crippen LogP contribution in [0.3, 0.4) is 0 Å². The second-order valence-corrected chi connectivity index (χ2v) is 6.52. The molecule has 3 rings (SSSR count). The molecule has 1 saturated carbocycles. The summed E-state index contributed by atoms with van der Waals surface area (Å²) in [4.78, 5) is 19.8. The van der Waals surface area contributed by atoms with Gasteiger partial charge in [-0.15, -0.1) is 0 Å². The summed E-state index contributed by atoms with van der Waals surface area (Å²) in [6.07, 6.45) is 5.58. The van der Waals surface area contributed by atoms with Crippen molar-refractivity contribution in [1.82, 2.24) is 9.97 Å². The lowest BCUT2D eigenvalue weighted by atomic mass is 9.76. The SMILES string of the molecule is COC(=O)CSc1cncc(NC2CC(c3ccccc3)C2)n1. The van der Waals surface area contributed by atoms with Crippen LogP contribution in [0.1, 0.15) is 24.3 Å². The van der Waals surface area contributed by atoms with Crippen molar-refractivity contribution < 1.29 is 9.53 Å². The van der Waals surface area contributed by atoms with Crippen LogP contribution in [-0.4, -0.2) is 34.8 Å². The second kappa shape index (κ2) is 7.46. The van der Waals surface area contributed by atoms with Crippen molar-refractivity contribution in [2.24, 2.45) is 0 Å². The van der Waals surface area contributed by atoms with E-state index in [1.807, 2.05) is 6.07 Å². The summed E-state index contributed by atoms with van der Waals surface area (Å²) in [5, 5.41) is 4.14. The maximum atomic E-state index is 11.2. The van der Waals surface area contributed by atoms with Crippen molar-refractivity contribution in [2.75, 3.05) is 18.2 Å². The number of aromatic nitrogens is 2. The average Bonchev–Trinajstić information content (AvgIpc) is 2.56. The Morgan fingerprint density at radius 3 is 2.83 bits per heavy atom. The summed E-state index contributed by atoms with van der Waals surface area (Å²) in [7, 11) is 1.38. The van der Waals surface area contributed by atoms with Gasteiger partial charge in [0.15, 0.2) is 0 Å². The molecule has 1 aromatic carbocycles. The van der Waals surface area contributed by atoms with E-state index in [9.17, 15) is 4.79 Å². The van der Waals surface area contributed by atoms with Crippen LogP contribution in [0.15, 0.2) is 47.8 Å². The highest BCUT2D eigenvalue weighted by molar-refractivity contribution is 7.99. The van der Waals surface area contributed by atoms with Crippen molar-refractivity contribution >= 4 is 23.5 Å². The first-order valence-corrected chi connectivity index (χ1v) is 8.56. The topological polar surface area (TPSA) is 64.1 Å². The van der Waals surface area contributed by atoms with Crippen LogP contribution in [0.2, 0.25) is 0 Å². The Morgan fingerprint density at radius 2 is 2.09 bits per heavy atom. The molecule has 0 saturated heterocycles. The number of benzene rings is 1. The first-order chi connectivity index (χ1) is 11.2. The fourth-order valence-corrected chi connectivity index (χ4v) is 3.30. The molecule has 0 unspecified atom stereocenters. The number of hydrogen-bond acceptors (Lipinski definition) is 6. The second-order valence-electron chi connectivity index (χ2n) is 5.53. The predicted molar refractivity (Wildman–Crippen MR) is 90.6 cm³/mol. The molecule has 2 aromatic rings. The quantitative estimate of drug-likeness (QED) is 0.649. The van der Waals surface area contributed by atoms with Crippen LogP contribution in [-0.2, 0) is 9.53 Å². The van der Waals surface area contributed by atoms with E-state index < -0.39 is 0 Å². The minimum atomic E-state index is -0.264. The molecule has 6 heteroatoms. The number of methoxy groups -OCH3 is 1. The van der Waals surface area contributed by atoms with E-state index >= 15 is 0 Å². The molecule has 1 N–H and O–H groups in total. The molecule has 23 heavy (non-hydrogen) atoms. The van der Waals surface area contributed by atoms with Crippen molar-refractivity contribution in [3.8, 4) is 0 Å². The first kappa shape index (κ1) is 15.8. The van der Waals surface area contributed by atoms with E-state index in [0.717, 1.165) is 23.7 Å². The van der Waals surface area contributed by atoms with E-state index in [1.165, 1.54) is 24.4 Å². The summed E-state index contributed by atoms with van der Waals surface area (Å²) < 4.78 is 4.62. The smallest absolute Gasteiger partial charge is 0.316 e. The Bertz CT molecular complexity index is 660. The molecule has 0 amide bonds. The first-order valence-electron chi connectivity index (χ1n) is 7.57. The highest BCUT2D eigenvalue weighted by atomic mass is 32.2. The van der Waals surface area contributed by atoms with Gasteiger partial charge in [0.05, 0.1) is 25.3 Å². The molecule has 1 fully saturated rings. The van der Waals surface area contributed by atoms with Gasteiger partial charge in [0, 0.05) is 6.04 Å². The molecular formula is C17H19N3O2S. The zero-order valence-electron chi connectivity index (χ0n) is 12.9. The number of anilines is 1. The zero-order valence-corrected chi connectivity index (χ0v) is 13.8. The fraction of sp³-hybridized carbons (Fsp3) is 0.353. The van der Waals surface area contributed by atoms with Crippen molar-refractivity contribution in [2.45, 2.75) is 29.8 Å². The number of thioether (sulfide) groups is 1. The number of esters is 1. The Morgan fingerprint density at radius 1 is 1.30 bits per heavy atom. The molecule has 0 radical (unpaired) electrons. The van der Waals surface area contributed by atoms with E-state index in [4.69, 9.17) is 0 Å². The molecule has 0 bridgehead atoms.